The van der Waals surface area contributed by atoms with Crippen LogP contribution >= 0.6 is 23.1 Å². The molecule has 1 N–H and O–H groups in total. The van der Waals surface area contributed by atoms with Crippen molar-refractivity contribution in [2.75, 3.05) is 24.6 Å². The summed E-state index contributed by atoms with van der Waals surface area (Å²) in [7, 11) is -3.28. The third-order valence-electron chi connectivity index (χ3n) is 3.69. The van der Waals surface area contributed by atoms with Gasteiger partial charge in [0, 0.05) is 42.1 Å². The Morgan fingerprint density at radius 1 is 1.35 bits per heavy atom. The zero-order valence-corrected chi connectivity index (χ0v) is 14.0. The van der Waals surface area contributed by atoms with Crippen molar-refractivity contribution in [3.05, 3.63) is 16.5 Å². The van der Waals surface area contributed by atoms with Crippen molar-refractivity contribution in [3.8, 4) is 0 Å². The van der Waals surface area contributed by atoms with E-state index in [2.05, 4.69) is 5.32 Å². The molecule has 0 atom stereocenters. The maximum absolute atomic E-state index is 12.6. The zero-order valence-electron chi connectivity index (χ0n) is 11.6. The molecule has 2 aliphatic rings. The highest BCUT2D eigenvalue weighted by molar-refractivity contribution is 7.99. The summed E-state index contributed by atoms with van der Waals surface area (Å²) in [4.78, 5) is 1.15. The second-order valence-corrected chi connectivity index (χ2v) is 9.87. The molecule has 1 aliphatic heterocycles. The lowest BCUT2D eigenvalue weighted by atomic mass is 10.3. The fourth-order valence-corrected chi connectivity index (χ4v) is 6.50. The smallest absolute Gasteiger partial charge is 0.252 e. The molecular weight excluding hydrogens is 312 g/mol. The predicted octanol–water partition coefficient (Wildman–Crippen LogP) is 2.05. The standard InChI is InChI=1S/C13H20N2O2S3/c1-10-8-13(19-12(10)9-14-11-2-3-11)20(16,17)15-4-6-18-7-5-15/h8,11,14H,2-7,9H2,1H3. The minimum Gasteiger partial charge on any atom is -0.309 e. The fourth-order valence-electron chi connectivity index (χ4n) is 2.23. The van der Waals surface area contributed by atoms with Crippen LogP contribution in [0.2, 0.25) is 0 Å². The molecular formula is C13H20N2O2S3. The maximum atomic E-state index is 12.6. The molecule has 0 aromatic carbocycles. The van der Waals surface area contributed by atoms with Gasteiger partial charge in [-0.2, -0.15) is 16.1 Å². The van der Waals surface area contributed by atoms with Crippen molar-refractivity contribution < 1.29 is 8.42 Å². The van der Waals surface area contributed by atoms with Gasteiger partial charge in [0.15, 0.2) is 0 Å². The van der Waals surface area contributed by atoms with Crippen LogP contribution in [0.15, 0.2) is 10.3 Å². The average molecular weight is 333 g/mol. The summed E-state index contributed by atoms with van der Waals surface area (Å²) in [6.07, 6.45) is 2.50. The van der Waals surface area contributed by atoms with Gasteiger partial charge in [-0.1, -0.05) is 0 Å². The van der Waals surface area contributed by atoms with E-state index >= 15 is 0 Å². The summed E-state index contributed by atoms with van der Waals surface area (Å²) in [6.45, 7) is 4.08. The largest absolute Gasteiger partial charge is 0.309 e. The average Bonchev–Trinajstić information content (AvgIpc) is 3.20. The number of rotatable bonds is 5. The maximum Gasteiger partial charge on any atom is 0.252 e. The molecule has 20 heavy (non-hydrogen) atoms. The first-order valence-corrected chi connectivity index (χ1v) is 10.4. The van der Waals surface area contributed by atoms with Crippen LogP contribution in [0, 0.1) is 6.92 Å². The monoisotopic (exact) mass is 332 g/mol. The molecule has 1 aromatic heterocycles. The predicted molar refractivity (Wildman–Crippen MR) is 85.0 cm³/mol. The van der Waals surface area contributed by atoms with Gasteiger partial charge < -0.3 is 5.32 Å². The Labute approximate surface area is 129 Å². The molecule has 0 radical (unpaired) electrons. The van der Waals surface area contributed by atoms with Gasteiger partial charge in [-0.3, -0.25) is 0 Å². The van der Waals surface area contributed by atoms with Crippen molar-refractivity contribution >= 4 is 33.1 Å². The van der Waals surface area contributed by atoms with E-state index in [4.69, 9.17) is 0 Å². The molecule has 1 saturated heterocycles. The third-order valence-corrected chi connectivity index (χ3v) is 8.22. The van der Waals surface area contributed by atoms with Crippen molar-refractivity contribution in [3.63, 3.8) is 0 Å². The molecule has 1 saturated carbocycles. The van der Waals surface area contributed by atoms with Crippen LogP contribution in [-0.2, 0) is 16.6 Å². The van der Waals surface area contributed by atoms with E-state index in [1.165, 1.54) is 24.2 Å². The van der Waals surface area contributed by atoms with Crippen LogP contribution in [0.25, 0.3) is 0 Å². The Morgan fingerprint density at radius 3 is 2.70 bits per heavy atom. The van der Waals surface area contributed by atoms with Gasteiger partial charge in [0.25, 0.3) is 10.0 Å². The quantitative estimate of drug-likeness (QED) is 0.896. The Hall–Kier alpha value is -0.0800. The molecule has 1 aromatic rings. The molecule has 2 heterocycles. The number of hydrogen-bond acceptors (Lipinski definition) is 5. The highest BCUT2D eigenvalue weighted by Gasteiger charge is 2.28. The molecule has 1 aliphatic carbocycles. The number of nitrogens with one attached hydrogen (secondary N) is 1. The second-order valence-electron chi connectivity index (χ2n) is 5.34. The highest BCUT2D eigenvalue weighted by atomic mass is 32.2. The fraction of sp³-hybridized carbons (Fsp3) is 0.692. The van der Waals surface area contributed by atoms with Crippen molar-refractivity contribution in [1.82, 2.24) is 9.62 Å². The molecule has 2 fully saturated rings. The van der Waals surface area contributed by atoms with Gasteiger partial charge in [-0.25, -0.2) is 8.42 Å². The van der Waals surface area contributed by atoms with Crippen LogP contribution < -0.4 is 5.32 Å². The molecule has 0 bridgehead atoms. The normalized spacial score (nSPS) is 21.2. The van der Waals surface area contributed by atoms with Gasteiger partial charge >= 0.3 is 0 Å². The van der Waals surface area contributed by atoms with E-state index in [9.17, 15) is 8.42 Å². The summed E-state index contributed by atoms with van der Waals surface area (Å²) in [5.74, 6) is 1.80. The molecule has 112 valence electrons. The third kappa shape index (κ3) is 3.22. The first kappa shape index (κ1) is 14.8. The Bertz CT molecular complexity index is 572. The van der Waals surface area contributed by atoms with E-state index in [0.29, 0.717) is 23.3 Å². The van der Waals surface area contributed by atoms with Crippen LogP contribution in [0.4, 0.5) is 0 Å². The lowest BCUT2D eigenvalue weighted by Gasteiger charge is -2.24. The van der Waals surface area contributed by atoms with E-state index in [-0.39, 0.29) is 0 Å². The number of hydrogen-bond donors (Lipinski definition) is 1. The number of aryl methyl sites for hydroxylation is 1. The summed E-state index contributed by atoms with van der Waals surface area (Å²) in [5.41, 5.74) is 1.09. The van der Waals surface area contributed by atoms with E-state index in [1.807, 2.05) is 24.8 Å². The topological polar surface area (TPSA) is 49.4 Å². The summed E-state index contributed by atoms with van der Waals surface area (Å²) >= 11 is 3.25. The van der Waals surface area contributed by atoms with E-state index in [1.54, 1.807) is 4.31 Å². The van der Waals surface area contributed by atoms with Crippen LogP contribution in [0.1, 0.15) is 23.3 Å². The lowest BCUT2D eigenvalue weighted by molar-refractivity contribution is 0.445. The molecule has 4 nitrogen and oxygen atoms in total. The molecule has 0 unspecified atom stereocenters. The molecule has 3 rings (SSSR count). The van der Waals surface area contributed by atoms with Gasteiger partial charge in [-0.05, 0) is 31.4 Å². The number of thiophene rings is 1. The molecule has 0 spiro atoms. The number of sulfonamides is 1. The van der Waals surface area contributed by atoms with Crippen LogP contribution in [0.5, 0.6) is 0 Å². The highest BCUT2D eigenvalue weighted by Crippen LogP contribution is 2.30. The lowest BCUT2D eigenvalue weighted by Crippen LogP contribution is -2.37. The van der Waals surface area contributed by atoms with E-state index in [0.717, 1.165) is 28.5 Å². The summed E-state index contributed by atoms with van der Waals surface area (Å²) in [6, 6.07) is 2.49. The number of nitrogens with zero attached hydrogens (tertiary/aromatic N) is 1. The molecule has 0 amide bonds. The second kappa shape index (κ2) is 5.96. The summed E-state index contributed by atoms with van der Waals surface area (Å²) in [5, 5.41) is 3.46. The van der Waals surface area contributed by atoms with Gasteiger partial charge in [0.2, 0.25) is 0 Å². The summed E-state index contributed by atoms with van der Waals surface area (Å²) < 4.78 is 27.4. The van der Waals surface area contributed by atoms with Gasteiger partial charge in [-0.15, -0.1) is 11.3 Å². The van der Waals surface area contributed by atoms with Crippen molar-refractivity contribution in [2.24, 2.45) is 0 Å². The Morgan fingerprint density at radius 2 is 2.05 bits per heavy atom. The Kier molecular flexibility index (Phi) is 4.42. The van der Waals surface area contributed by atoms with Crippen LogP contribution in [-0.4, -0.2) is 43.4 Å². The van der Waals surface area contributed by atoms with Gasteiger partial charge in [0.1, 0.15) is 4.21 Å². The minimum absolute atomic E-state index is 0.509. The van der Waals surface area contributed by atoms with Crippen molar-refractivity contribution in [2.45, 2.75) is 36.6 Å². The first-order chi connectivity index (χ1) is 9.57. The minimum atomic E-state index is -3.28. The zero-order chi connectivity index (χ0) is 14.2. The SMILES string of the molecule is Cc1cc(S(=O)(=O)N2CCSCC2)sc1CNC1CC1. The van der Waals surface area contributed by atoms with Crippen molar-refractivity contribution in [1.29, 1.82) is 0 Å². The van der Waals surface area contributed by atoms with Crippen LogP contribution in [0.3, 0.4) is 0 Å². The molecule has 7 heteroatoms. The van der Waals surface area contributed by atoms with Gasteiger partial charge in [0.05, 0.1) is 0 Å². The van der Waals surface area contributed by atoms with E-state index < -0.39 is 10.0 Å². The Balaban J connectivity index is 1.76. The first-order valence-electron chi connectivity index (χ1n) is 6.98. The number of thioether (sulfide) groups is 1.